The molecule has 1 atom stereocenters. The van der Waals surface area contributed by atoms with Gasteiger partial charge >= 0.3 is 0 Å². The maximum Gasteiger partial charge on any atom is 0.254 e. The summed E-state index contributed by atoms with van der Waals surface area (Å²) in [5.74, 6) is 0.577. The molecule has 1 saturated heterocycles. The van der Waals surface area contributed by atoms with E-state index in [0.717, 1.165) is 48.0 Å². The predicted molar refractivity (Wildman–Crippen MR) is 111 cm³/mol. The zero-order chi connectivity index (χ0) is 16.9. The Morgan fingerprint density at radius 2 is 2.08 bits per heavy atom. The van der Waals surface area contributed by atoms with E-state index in [1.807, 2.05) is 29.2 Å². The molecule has 1 saturated carbocycles. The molecule has 2 heterocycles. The number of nitrogens with two attached hydrogens (primary N) is 1. The second-order valence-electron chi connectivity index (χ2n) is 7.52. The Balaban J connectivity index is 0.00000121. The fraction of sp³-hybridized carbons (Fsp3) is 0.474. The molecule has 1 aromatic carbocycles. The van der Waals surface area contributed by atoms with E-state index in [0.29, 0.717) is 24.0 Å². The van der Waals surface area contributed by atoms with Crippen molar-refractivity contribution < 1.29 is 4.79 Å². The summed E-state index contributed by atoms with van der Waals surface area (Å²) in [6, 6.07) is 7.58. The van der Waals surface area contributed by atoms with Crippen molar-refractivity contribution in [3.05, 3.63) is 40.5 Å². The smallest absolute Gasteiger partial charge is 0.254 e. The minimum atomic E-state index is 0. The molecule has 0 radical (unpaired) electrons. The summed E-state index contributed by atoms with van der Waals surface area (Å²) >= 11 is 6.17. The molecule has 1 amide bonds. The van der Waals surface area contributed by atoms with Crippen LogP contribution in [-0.2, 0) is 0 Å². The highest BCUT2D eigenvalue weighted by atomic mass is 35.5. The van der Waals surface area contributed by atoms with Crippen LogP contribution in [0.5, 0.6) is 0 Å². The van der Waals surface area contributed by atoms with E-state index >= 15 is 0 Å². The minimum absolute atomic E-state index is 0. The van der Waals surface area contributed by atoms with Gasteiger partial charge in [-0.3, -0.25) is 9.78 Å². The second-order valence-corrected chi connectivity index (χ2v) is 7.96. The standard InChI is InChI=1S/C19H22ClN3O.2ClH/c1-19(10-21)6-7-23(11-19)18(24)15-9-17(12-2-3-12)22-16-5-4-13(20)8-14(15)16;;/h4-5,8-9,12H,2-3,6-7,10-11,21H2,1H3;2*1H. The summed E-state index contributed by atoms with van der Waals surface area (Å²) in [6.45, 7) is 4.23. The topological polar surface area (TPSA) is 59.2 Å². The summed E-state index contributed by atoms with van der Waals surface area (Å²) < 4.78 is 0. The van der Waals surface area contributed by atoms with Crippen LogP contribution in [0.1, 0.15) is 48.2 Å². The molecule has 4 rings (SSSR count). The summed E-state index contributed by atoms with van der Waals surface area (Å²) in [6.07, 6.45) is 3.28. The normalized spacial score (nSPS) is 22.0. The van der Waals surface area contributed by atoms with E-state index in [2.05, 4.69) is 6.92 Å². The fourth-order valence-electron chi connectivity index (χ4n) is 3.52. The molecular formula is C19H24Cl3N3O. The number of rotatable bonds is 3. The predicted octanol–water partition coefficient (Wildman–Crippen LogP) is 4.42. The number of halogens is 3. The number of hydrogen-bond donors (Lipinski definition) is 1. The number of pyridine rings is 1. The first-order valence-corrected chi connectivity index (χ1v) is 8.96. The molecule has 0 bridgehead atoms. The SMILES string of the molecule is CC1(CN)CCN(C(=O)c2cc(C3CC3)nc3ccc(Cl)cc23)C1.Cl.Cl. The van der Waals surface area contributed by atoms with E-state index in [1.165, 1.54) is 0 Å². The second kappa shape index (κ2) is 7.89. The van der Waals surface area contributed by atoms with Gasteiger partial charge in [0.1, 0.15) is 0 Å². The first-order chi connectivity index (χ1) is 11.5. The number of carbonyl (C=O) groups excluding carboxylic acids is 1. The van der Waals surface area contributed by atoms with Crippen molar-refractivity contribution >= 4 is 53.2 Å². The number of nitrogens with zero attached hydrogens (tertiary/aromatic N) is 2. The fourth-order valence-corrected chi connectivity index (χ4v) is 3.69. The molecule has 26 heavy (non-hydrogen) atoms. The molecule has 4 nitrogen and oxygen atoms in total. The molecule has 1 aliphatic carbocycles. The van der Waals surface area contributed by atoms with Gasteiger partial charge in [-0.2, -0.15) is 0 Å². The number of carbonyl (C=O) groups is 1. The lowest BCUT2D eigenvalue weighted by molar-refractivity contribution is 0.0778. The molecular weight excluding hydrogens is 393 g/mol. The van der Waals surface area contributed by atoms with E-state index in [1.54, 1.807) is 0 Å². The van der Waals surface area contributed by atoms with Crippen LogP contribution < -0.4 is 5.73 Å². The molecule has 7 heteroatoms. The quantitative estimate of drug-likeness (QED) is 0.805. The van der Waals surface area contributed by atoms with Crippen molar-refractivity contribution in [2.24, 2.45) is 11.1 Å². The Morgan fingerprint density at radius 3 is 2.69 bits per heavy atom. The number of amides is 1. The van der Waals surface area contributed by atoms with E-state index < -0.39 is 0 Å². The lowest BCUT2D eigenvalue weighted by atomic mass is 9.90. The van der Waals surface area contributed by atoms with Crippen LogP contribution >= 0.6 is 36.4 Å². The average Bonchev–Trinajstić information content (AvgIpc) is 3.36. The van der Waals surface area contributed by atoms with E-state index in [9.17, 15) is 4.79 Å². The van der Waals surface area contributed by atoms with Crippen LogP contribution in [-0.4, -0.2) is 35.4 Å². The van der Waals surface area contributed by atoms with Crippen LogP contribution in [0.15, 0.2) is 24.3 Å². The van der Waals surface area contributed by atoms with Crippen molar-refractivity contribution in [3.8, 4) is 0 Å². The van der Waals surface area contributed by atoms with Crippen LogP contribution in [0, 0.1) is 5.41 Å². The molecule has 1 unspecified atom stereocenters. The zero-order valence-electron chi connectivity index (χ0n) is 14.7. The number of fused-ring (bicyclic) bond motifs is 1. The number of aromatic nitrogens is 1. The maximum atomic E-state index is 13.2. The third-order valence-corrected chi connectivity index (χ3v) is 5.59. The van der Waals surface area contributed by atoms with Crippen LogP contribution in [0.25, 0.3) is 10.9 Å². The average molecular weight is 417 g/mol. The third-order valence-electron chi connectivity index (χ3n) is 5.35. The number of benzene rings is 1. The highest BCUT2D eigenvalue weighted by molar-refractivity contribution is 6.31. The number of likely N-dealkylation sites (tertiary alicyclic amines) is 1. The van der Waals surface area contributed by atoms with Crippen molar-refractivity contribution in [2.75, 3.05) is 19.6 Å². The van der Waals surface area contributed by atoms with E-state index in [-0.39, 0.29) is 36.1 Å². The summed E-state index contributed by atoms with van der Waals surface area (Å²) in [7, 11) is 0. The number of hydrogen-bond acceptors (Lipinski definition) is 3. The Hall–Kier alpha value is -1.07. The van der Waals surface area contributed by atoms with Gasteiger partial charge in [0.05, 0.1) is 11.1 Å². The van der Waals surface area contributed by atoms with Gasteiger partial charge in [0.15, 0.2) is 0 Å². The van der Waals surface area contributed by atoms with Gasteiger partial charge in [-0.05, 0) is 55.5 Å². The first kappa shape index (κ1) is 21.2. The lowest BCUT2D eigenvalue weighted by Gasteiger charge is -2.23. The molecule has 0 spiro atoms. The maximum absolute atomic E-state index is 13.2. The largest absolute Gasteiger partial charge is 0.338 e. The Labute approximate surface area is 171 Å². The summed E-state index contributed by atoms with van der Waals surface area (Å²) in [4.78, 5) is 19.9. The summed E-state index contributed by atoms with van der Waals surface area (Å²) in [5.41, 5.74) is 8.53. The van der Waals surface area contributed by atoms with Gasteiger partial charge in [-0.25, -0.2) is 0 Å². The van der Waals surface area contributed by atoms with Gasteiger partial charge in [0.2, 0.25) is 0 Å². The van der Waals surface area contributed by atoms with Crippen molar-refractivity contribution in [2.45, 2.75) is 32.1 Å². The van der Waals surface area contributed by atoms with Crippen molar-refractivity contribution in [3.63, 3.8) is 0 Å². The van der Waals surface area contributed by atoms with Crippen LogP contribution in [0.4, 0.5) is 0 Å². The molecule has 2 aromatic rings. The van der Waals surface area contributed by atoms with Gasteiger partial charge in [-0.1, -0.05) is 18.5 Å². The van der Waals surface area contributed by atoms with Gasteiger partial charge in [0.25, 0.3) is 5.91 Å². The highest BCUT2D eigenvalue weighted by Crippen LogP contribution is 2.41. The Bertz CT molecular complexity index is 825. The monoisotopic (exact) mass is 415 g/mol. The first-order valence-electron chi connectivity index (χ1n) is 8.59. The zero-order valence-corrected chi connectivity index (χ0v) is 17.1. The van der Waals surface area contributed by atoms with Gasteiger partial charge in [0, 0.05) is 35.1 Å². The Kier molecular flexibility index (Phi) is 6.44. The third kappa shape index (κ3) is 3.94. The molecule has 2 aliphatic rings. The lowest BCUT2D eigenvalue weighted by Crippen LogP contribution is -2.34. The molecule has 1 aromatic heterocycles. The highest BCUT2D eigenvalue weighted by Gasteiger charge is 2.36. The van der Waals surface area contributed by atoms with Gasteiger partial charge < -0.3 is 10.6 Å². The molecule has 2 fully saturated rings. The van der Waals surface area contributed by atoms with Crippen LogP contribution in [0.2, 0.25) is 5.02 Å². The van der Waals surface area contributed by atoms with Crippen molar-refractivity contribution in [1.29, 1.82) is 0 Å². The molecule has 2 N–H and O–H groups in total. The van der Waals surface area contributed by atoms with Gasteiger partial charge in [-0.15, -0.1) is 24.8 Å². The van der Waals surface area contributed by atoms with E-state index in [4.69, 9.17) is 22.3 Å². The Morgan fingerprint density at radius 1 is 1.35 bits per heavy atom. The van der Waals surface area contributed by atoms with Crippen LogP contribution in [0.3, 0.4) is 0 Å². The summed E-state index contributed by atoms with van der Waals surface area (Å²) in [5, 5.41) is 1.48. The van der Waals surface area contributed by atoms with Crippen molar-refractivity contribution in [1.82, 2.24) is 9.88 Å². The molecule has 1 aliphatic heterocycles. The minimum Gasteiger partial charge on any atom is -0.338 e. The molecule has 142 valence electrons.